The zero-order valence-electron chi connectivity index (χ0n) is 12.7. The maximum absolute atomic E-state index is 12.1. The second kappa shape index (κ2) is 5.10. The van der Waals surface area contributed by atoms with Gasteiger partial charge in [0.2, 0.25) is 0 Å². The summed E-state index contributed by atoms with van der Waals surface area (Å²) in [7, 11) is 0. The van der Waals surface area contributed by atoms with Gasteiger partial charge in [-0.05, 0) is 19.8 Å². The Kier molecular flexibility index (Phi) is 3.53. The lowest BCUT2D eigenvalue weighted by Gasteiger charge is -2.37. The van der Waals surface area contributed by atoms with Gasteiger partial charge in [-0.1, -0.05) is 13.8 Å². The normalized spacial score (nSPS) is 35.1. The minimum atomic E-state index is -0.458. The Morgan fingerprint density at radius 1 is 1.43 bits per heavy atom. The first-order valence-corrected chi connectivity index (χ1v) is 7.64. The Bertz CT molecular complexity index is 650. The van der Waals surface area contributed by atoms with Gasteiger partial charge >= 0.3 is 5.69 Å². The predicted octanol–water partition coefficient (Wildman–Crippen LogP) is 1.34. The van der Waals surface area contributed by atoms with Crippen molar-refractivity contribution in [3.05, 3.63) is 32.6 Å². The Balaban J connectivity index is 2.07. The number of H-pyrrole nitrogens is 1. The SMILES string of the molecule is CCC1[C@@H]2OCC[C@]1(CC)O[C@H]2n1cc(C)c(=O)[nH]c1=O. The molecule has 6 heteroatoms. The van der Waals surface area contributed by atoms with Crippen LogP contribution in [0.5, 0.6) is 0 Å². The fraction of sp³-hybridized carbons (Fsp3) is 0.733. The second-order valence-corrected chi connectivity index (χ2v) is 6.01. The smallest absolute Gasteiger partial charge is 0.330 e. The van der Waals surface area contributed by atoms with Crippen molar-refractivity contribution in [3.8, 4) is 0 Å². The highest BCUT2D eigenvalue weighted by atomic mass is 16.6. The van der Waals surface area contributed by atoms with Crippen molar-refractivity contribution >= 4 is 0 Å². The van der Waals surface area contributed by atoms with Gasteiger partial charge in [0, 0.05) is 30.7 Å². The van der Waals surface area contributed by atoms with Gasteiger partial charge < -0.3 is 9.47 Å². The molecule has 3 heterocycles. The molecule has 2 fully saturated rings. The summed E-state index contributed by atoms with van der Waals surface area (Å²) < 4.78 is 13.7. The Morgan fingerprint density at radius 3 is 2.81 bits per heavy atom. The van der Waals surface area contributed by atoms with Crippen LogP contribution in [0.1, 0.15) is 44.9 Å². The van der Waals surface area contributed by atoms with Crippen LogP contribution in [0.3, 0.4) is 0 Å². The van der Waals surface area contributed by atoms with Crippen molar-refractivity contribution in [2.24, 2.45) is 5.92 Å². The third-order valence-electron chi connectivity index (χ3n) is 5.00. The molecule has 1 aromatic heterocycles. The predicted molar refractivity (Wildman–Crippen MR) is 77.3 cm³/mol. The molecule has 21 heavy (non-hydrogen) atoms. The summed E-state index contributed by atoms with van der Waals surface area (Å²) in [6.07, 6.45) is 3.69. The first-order chi connectivity index (χ1) is 10.0. The van der Waals surface area contributed by atoms with Gasteiger partial charge in [-0.3, -0.25) is 14.3 Å². The summed E-state index contributed by atoms with van der Waals surface area (Å²) in [5.74, 6) is 0.278. The van der Waals surface area contributed by atoms with E-state index in [9.17, 15) is 9.59 Å². The topological polar surface area (TPSA) is 73.3 Å². The van der Waals surface area contributed by atoms with Crippen LogP contribution in [-0.4, -0.2) is 27.9 Å². The van der Waals surface area contributed by atoms with E-state index in [4.69, 9.17) is 9.47 Å². The highest BCUT2D eigenvalue weighted by Crippen LogP contribution is 2.51. The van der Waals surface area contributed by atoms with Crippen molar-refractivity contribution in [2.75, 3.05) is 6.61 Å². The van der Waals surface area contributed by atoms with E-state index in [0.717, 1.165) is 19.3 Å². The first kappa shape index (κ1) is 14.5. The average molecular weight is 294 g/mol. The van der Waals surface area contributed by atoms with E-state index in [-0.39, 0.29) is 23.2 Å². The fourth-order valence-electron chi connectivity index (χ4n) is 3.82. The summed E-state index contributed by atoms with van der Waals surface area (Å²) in [6.45, 7) is 6.59. The molecule has 0 saturated carbocycles. The quantitative estimate of drug-likeness (QED) is 0.913. The van der Waals surface area contributed by atoms with Crippen LogP contribution in [-0.2, 0) is 9.47 Å². The van der Waals surface area contributed by atoms with Crippen LogP contribution >= 0.6 is 0 Å². The van der Waals surface area contributed by atoms with Crippen LogP contribution < -0.4 is 11.2 Å². The van der Waals surface area contributed by atoms with Gasteiger partial charge in [0.05, 0.1) is 5.60 Å². The van der Waals surface area contributed by atoms with E-state index in [1.54, 1.807) is 13.1 Å². The molecule has 0 spiro atoms. The van der Waals surface area contributed by atoms with Crippen LogP contribution in [0.25, 0.3) is 0 Å². The molecule has 0 aromatic carbocycles. The van der Waals surface area contributed by atoms with Crippen LogP contribution in [0.15, 0.2) is 15.8 Å². The molecule has 1 N–H and O–H groups in total. The van der Waals surface area contributed by atoms with Gasteiger partial charge in [0.15, 0.2) is 6.23 Å². The minimum Gasteiger partial charge on any atom is -0.373 e. The lowest BCUT2D eigenvalue weighted by atomic mass is 9.78. The average Bonchev–Trinajstić information content (AvgIpc) is 2.65. The summed E-state index contributed by atoms with van der Waals surface area (Å²) in [6, 6.07) is 0. The molecular weight excluding hydrogens is 272 g/mol. The summed E-state index contributed by atoms with van der Waals surface area (Å²) in [5.41, 5.74) is -0.507. The number of hydrogen-bond acceptors (Lipinski definition) is 4. The molecule has 116 valence electrons. The molecule has 3 rings (SSSR count). The number of nitrogens with zero attached hydrogens (tertiary/aromatic N) is 1. The molecule has 1 unspecified atom stereocenters. The number of aryl methyl sites for hydroxylation is 1. The Morgan fingerprint density at radius 2 is 2.19 bits per heavy atom. The number of rotatable bonds is 3. The van der Waals surface area contributed by atoms with Gasteiger partial charge in [-0.15, -0.1) is 0 Å². The summed E-state index contributed by atoms with van der Waals surface area (Å²) in [5, 5.41) is 0. The van der Waals surface area contributed by atoms with Gasteiger partial charge in [0.25, 0.3) is 5.56 Å². The third-order valence-corrected chi connectivity index (χ3v) is 5.00. The van der Waals surface area contributed by atoms with E-state index < -0.39 is 11.9 Å². The van der Waals surface area contributed by atoms with E-state index in [0.29, 0.717) is 12.2 Å². The molecular formula is C15H22N2O4. The van der Waals surface area contributed by atoms with Gasteiger partial charge in [-0.2, -0.15) is 0 Å². The van der Waals surface area contributed by atoms with Gasteiger partial charge in [0.1, 0.15) is 6.10 Å². The van der Waals surface area contributed by atoms with Crippen molar-refractivity contribution < 1.29 is 9.47 Å². The lowest BCUT2D eigenvalue weighted by Crippen LogP contribution is -2.44. The van der Waals surface area contributed by atoms with E-state index >= 15 is 0 Å². The first-order valence-electron chi connectivity index (χ1n) is 7.64. The van der Waals surface area contributed by atoms with Crippen molar-refractivity contribution in [1.82, 2.24) is 9.55 Å². The molecule has 2 aliphatic heterocycles. The number of aromatic nitrogens is 2. The fourth-order valence-corrected chi connectivity index (χ4v) is 3.82. The molecule has 1 aromatic rings. The number of aromatic amines is 1. The maximum Gasteiger partial charge on any atom is 0.330 e. The van der Waals surface area contributed by atoms with Crippen molar-refractivity contribution in [2.45, 2.75) is 58.0 Å². The van der Waals surface area contributed by atoms with Crippen molar-refractivity contribution in [3.63, 3.8) is 0 Å². The zero-order chi connectivity index (χ0) is 15.2. The van der Waals surface area contributed by atoms with Crippen LogP contribution in [0, 0.1) is 12.8 Å². The molecule has 0 radical (unpaired) electrons. The zero-order valence-corrected chi connectivity index (χ0v) is 12.7. The summed E-state index contributed by atoms with van der Waals surface area (Å²) in [4.78, 5) is 26.0. The molecule has 2 bridgehead atoms. The lowest BCUT2D eigenvalue weighted by molar-refractivity contribution is -0.0918. The molecule has 6 nitrogen and oxygen atoms in total. The Hall–Kier alpha value is -1.40. The van der Waals surface area contributed by atoms with E-state index in [2.05, 4.69) is 18.8 Å². The molecule has 4 atom stereocenters. The number of nitrogens with one attached hydrogen (secondary N) is 1. The molecule has 0 amide bonds. The number of fused-ring (bicyclic) bond motifs is 2. The third kappa shape index (κ3) is 2.08. The summed E-state index contributed by atoms with van der Waals surface area (Å²) >= 11 is 0. The molecule has 0 aliphatic carbocycles. The molecule has 2 aliphatic rings. The van der Waals surface area contributed by atoms with Gasteiger partial charge in [-0.25, -0.2) is 4.79 Å². The monoisotopic (exact) mass is 294 g/mol. The molecule has 2 saturated heterocycles. The highest BCUT2D eigenvalue weighted by Gasteiger charge is 2.56. The number of hydrogen-bond donors (Lipinski definition) is 1. The maximum atomic E-state index is 12.1. The highest BCUT2D eigenvalue weighted by molar-refractivity contribution is 5.06. The van der Waals surface area contributed by atoms with E-state index in [1.165, 1.54) is 4.57 Å². The van der Waals surface area contributed by atoms with Crippen molar-refractivity contribution in [1.29, 1.82) is 0 Å². The minimum absolute atomic E-state index is 0.133. The Labute approximate surface area is 123 Å². The number of ether oxygens (including phenoxy) is 2. The second-order valence-electron chi connectivity index (χ2n) is 6.01. The van der Waals surface area contributed by atoms with Crippen LogP contribution in [0.4, 0.5) is 0 Å². The standard InChI is InChI=1S/C15H22N2O4/c1-4-10-11-13(21-15(10,5-2)6-7-20-11)17-8-9(3)12(18)16-14(17)19/h8,10-11,13H,4-7H2,1-3H3,(H,16,18,19)/t10?,11-,13+,15-/m0/s1. The van der Waals surface area contributed by atoms with E-state index in [1.807, 2.05) is 0 Å². The largest absolute Gasteiger partial charge is 0.373 e. The van der Waals surface area contributed by atoms with Crippen LogP contribution in [0.2, 0.25) is 0 Å².